The first-order valence-corrected chi connectivity index (χ1v) is 10.3. The first-order valence-electron chi connectivity index (χ1n) is 10.3. The van der Waals surface area contributed by atoms with E-state index in [0.29, 0.717) is 37.9 Å². The van der Waals surface area contributed by atoms with Gasteiger partial charge in [0.15, 0.2) is 0 Å². The SMILES string of the molecule is OC(CNCCOc1ccccn1)COc1cccc2nn(Cc3ccccc3)cc12. The van der Waals surface area contributed by atoms with Crippen LogP contribution < -0.4 is 14.8 Å². The fourth-order valence-electron chi connectivity index (χ4n) is 3.22. The summed E-state index contributed by atoms with van der Waals surface area (Å²) in [6.45, 7) is 2.38. The number of fused-ring (bicyclic) bond motifs is 1. The maximum absolute atomic E-state index is 10.2. The van der Waals surface area contributed by atoms with E-state index in [-0.39, 0.29) is 6.61 Å². The summed E-state index contributed by atoms with van der Waals surface area (Å²) in [5.41, 5.74) is 2.05. The fourth-order valence-corrected chi connectivity index (χ4v) is 3.22. The van der Waals surface area contributed by atoms with Gasteiger partial charge in [0.05, 0.1) is 17.4 Å². The van der Waals surface area contributed by atoms with Gasteiger partial charge in [-0.15, -0.1) is 0 Å². The van der Waals surface area contributed by atoms with Crippen molar-refractivity contribution in [3.63, 3.8) is 0 Å². The lowest BCUT2D eigenvalue weighted by Crippen LogP contribution is -2.33. The third kappa shape index (κ3) is 6.04. The lowest BCUT2D eigenvalue weighted by Gasteiger charge is -2.14. The zero-order valence-corrected chi connectivity index (χ0v) is 17.2. The normalized spacial score (nSPS) is 12.0. The van der Waals surface area contributed by atoms with E-state index >= 15 is 0 Å². The molecule has 2 aromatic heterocycles. The zero-order valence-electron chi connectivity index (χ0n) is 17.2. The number of aliphatic hydroxyl groups excluding tert-OH is 1. The summed E-state index contributed by atoms with van der Waals surface area (Å²) in [4.78, 5) is 4.10. The van der Waals surface area contributed by atoms with Gasteiger partial charge >= 0.3 is 0 Å². The number of pyridine rings is 1. The molecule has 0 fully saturated rings. The summed E-state index contributed by atoms with van der Waals surface area (Å²) < 4.78 is 13.3. The minimum atomic E-state index is -0.635. The van der Waals surface area contributed by atoms with E-state index in [1.54, 1.807) is 6.20 Å². The van der Waals surface area contributed by atoms with E-state index in [2.05, 4.69) is 27.5 Å². The number of benzene rings is 2. The third-order valence-electron chi connectivity index (χ3n) is 4.72. The quantitative estimate of drug-likeness (QED) is 0.365. The molecule has 0 amide bonds. The lowest BCUT2D eigenvalue weighted by atomic mass is 10.2. The van der Waals surface area contributed by atoms with Gasteiger partial charge in [0.1, 0.15) is 25.1 Å². The molecule has 0 radical (unpaired) electrons. The van der Waals surface area contributed by atoms with Crippen molar-refractivity contribution in [2.24, 2.45) is 0 Å². The van der Waals surface area contributed by atoms with Crippen LogP contribution in [0.4, 0.5) is 0 Å². The molecule has 0 aliphatic carbocycles. The van der Waals surface area contributed by atoms with Crippen molar-refractivity contribution in [3.8, 4) is 11.6 Å². The molecule has 2 heterocycles. The second-order valence-electron chi connectivity index (χ2n) is 7.19. The van der Waals surface area contributed by atoms with Crippen molar-refractivity contribution in [1.82, 2.24) is 20.1 Å². The maximum atomic E-state index is 10.2. The molecule has 2 N–H and O–H groups in total. The molecular formula is C24H26N4O3. The van der Waals surface area contributed by atoms with E-state index in [0.717, 1.165) is 10.9 Å². The van der Waals surface area contributed by atoms with Gasteiger partial charge in [0, 0.05) is 31.5 Å². The van der Waals surface area contributed by atoms with Crippen LogP contribution in [0, 0.1) is 0 Å². The van der Waals surface area contributed by atoms with Gasteiger partial charge in [-0.05, 0) is 23.8 Å². The molecule has 160 valence electrons. The van der Waals surface area contributed by atoms with Crippen molar-refractivity contribution in [1.29, 1.82) is 0 Å². The Morgan fingerprint density at radius 2 is 1.84 bits per heavy atom. The number of hydrogen-bond acceptors (Lipinski definition) is 6. The number of nitrogens with one attached hydrogen (secondary N) is 1. The standard InChI is InChI=1S/C24H26N4O3/c29-20(15-25-13-14-30-24-11-4-5-12-26-24)18-31-23-10-6-9-22-21(23)17-28(27-22)16-19-7-2-1-3-8-19/h1-12,17,20,25,29H,13-16,18H2. The highest BCUT2D eigenvalue weighted by atomic mass is 16.5. The number of nitrogens with zero attached hydrogens (tertiary/aromatic N) is 3. The van der Waals surface area contributed by atoms with Crippen LogP contribution in [0.15, 0.2) is 79.1 Å². The van der Waals surface area contributed by atoms with Crippen LogP contribution in [-0.2, 0) is 6.54 Å². The molecule has 1 unspecified atom stereocenters. The predicted octanol–water partition coefficient (Wildman–Crippen LogP) is 2.89. The lowest BCUT2D eigenvalue weighted by molar-refractivity contribution is 0.106. The van der Waals surface area contributed by atoms with Crippen LogP contribution in [0.5, 0.6) is 11.6 Å². The highest BCUT2D eigenvalue weighted by Gasteiger charge is 2.10. The van der Waals surface area contributed by atoms with Crippen LogP contribution in [0.1, 0.15) is 5.56 Å². The molecule has 0 saturated heterocycles. The molecule has 1 atom stereocenters. The monoisotopic (exact) mass is 418 g/mol. The van der Waals surface area contributed by atoms with Gasteiger partial charge in [-0.3, -0.25) is 4.68 Å². The smallest absolute Gasteiger partial charge is 0.213 e. The zero-order chi connectivity index (χ0) is 21.3. The fraction of sp³-hybridized carbons (Fsp3) is 0.250. The number of aliphatic hydroxyl groups is 1. The summed E-state index contributed by atoms with van der Waals surface area (Å²) >= 11 is 0. The molecule has 0 aliphatic heterocycles. The molecule has 0 spiro atoms. The Bertz CT molecular complexity index is 1070. The molecular weight excluding hydrogens is 392 g/mol. The van der Waals surface area contributed by atoms with Crippen LogP contribution >= 0.6 is 0 Å². The Morgan fingerprint density at radius 3 is 2.68 bits per heavy atom. The minimum Gasteiger partial charge on any atom is -0.490 e. The van der Waals surface area contributed by atoms with E-state index in [4.69, 9.17) is 9.47 Å². The van der Waals surface area contributed by atoms with Gasteiger partial charge in [-0.2, -0.15) is 5.10 Å². The van der Waals surface area contributed by atoms with Crippen molar-refractivity contribution >= 4 is 10.9 Å². The van der Waals surface area contributed by atoms with E-state index in [9.17, 15) is 5.11 Å². The topological polar surface area (TPSA) is 81.4 Å². The number of ether oxygens (including phenoxy) is 2. The average Bonchev–Trinajstić information content (AvgIpc) is 3.22. The first kappa shape index (κ1) is 20.8. The average molecular weight is 418 g/mol. The minimum absolute atomic E-state index is 0.192. The summed E-state index contributed by atoms with van der Waals surface area (Å²) in [6, 6.07) is 21.5. The highest BCUT2D eigenvalue weighted by molar-refractivity contribution is 5.84. The molecule has 4 rings (SSSR count). The first-order chi connectivity index (χ1) is 15.3. The van der Waals surface area contributed by atoms with Crippen LogP contribution in [0.3, 0.4) is 0 Å². The van der Waals surface area contributed by atoms with Crippen molar-refractivity contribution in [2.75, 3.05) is 26.3 Å². The summed E-state index contributed by atoms with van der Waals surface area (Å²) in [5.74, 6) is 1.31. The second-order valence-corrected chi connectivity index (χ2v) is 7.19. The number of hydrogen-bond donors (Lipinski definition) is 2. The van der Waals surface area contributed by atoms with Crippen LogP contribution in [0.25, 0.3) is 10.9 Å². The molecule has 0 bridgehead atoms. The van der Waals surface area contributed by atoms with Gasteiger partial charge in [0.25, 0.3) is 0 Å². The predicted molar refractivity (Wildman–Crippen MR) is 119 cm³/mol. The van der Waals surface area contributed by atoms with Crippen LogP contribution in [0.2, 0.25) is 0 Å². The number of aromatic nitrogens is 3. The summed E-state index contributed by atoms with van der Waals surface area (Å²) in [7, 11) is 0. The Kier molecular flexibility index (Phi) is 7.10. The third-order valence-corrected chi connectivity index (χ3v) is 4.72. The summed E-state index contributed by atoms with van der Waals surface area (Å²) in [5, 5.41) is 19.0. The van der Waals surface area contributed by atoms with E-state index in [1.165, 1.54) is 5.56 Å². The summed E-state index contributed by atoms with van der Waals surface area (Å²) in [6.07, 6.45) is 3.04. The molecule has 7 nitrogen and oxygen atoms in total. The molecule has 0 saturated carbocycles. The molecule has 7 heteroatoms. The molecule has 4 aromatic rings. The van der Waals surface area contributed by atoms with Crippen LogP contribution in [-0.4, -0.2) is 52.3 Å². The Hall–Kier alpha value is -3.42. The van der Waals surface area contributed by atoms with Gasteiger partial charge in [0.2, 0.25) is 5.88 Å². The van der Waals surface area contributed by atoms with Gasteiger partial charge in [-0.1, -0.05) is 42.5 Å². The van der Waals surface area contributed by atoms with E-state index < -0.39 is 6.10 Å². The largest absolute Gasteiger partial charge is 0.490 e. The highest BCUT2D eigenvalue weighted by Crippen LogP contribution is 2.25. The Labute approximate surface area is 181 Å². The Balaban J connectivity index is 1.24. The van der Waals surface area contributed by atoms with Gasteiger partial charge < -0.3 is 19.9 Å². The van der Waals surface area contributed by atoms with Crippen molar-refractivity contribution < 1.29 is 14.6 Å². The van der Waals surface area contributed by atoms with Gasteiger partial charge in [-0.25, -0.2) is 4.98 Å². The maximum Gasteiger partial charge on any atom is 0.213 e. The molecule has 31 heavy (non-hydrogen) atoms. The van der Waals surface area contributed by atoms with Crippen molar-refractivity contribution in [3.05, 3.63) is 84.7 Å². The Morgan fingerprint density at radius 1 is 0.968 bits per heavy atom. The van der Waals surface area contributed by atoms with Crippen molar-refractivity contribution in [2.45, 2.75) is 12.6 Å². The van der Waals surface area contributed by atoms with E-state index in [1.807, 2.05) is 65.5 Å². The number of rotatable bonds is 11. The molecule has 2 aromatic carbocycles. The molecule has 0 aliphatic rings. The second kappa shape index (κ2) is 10.6.